The topological polar surface area (TPSA) is 53.2 Å². The lowest BCUT2D eigenvalue weighted by atomic mass is 10.0. The highest BCUT2D eigenvalue weighted by Crippen LogP contribution is 2.31. The smallest absolute Gasteiger partial charge is 0.144 e. The third kappa shape index (κ3) is 8.54. The van der Waals surface area contributed by atoms with E-state index in [0.29, 0.717) is 6.61 Å². The van der Waals surface area contributed by atoms with Gasteiger partial charge in [0, 0.05) is 18.0 Å². The molecule has 2 aromatic heterocycles. The molecule has 4 nitrogen and oxygen atoms in total. The van der Waals surface area contributed by atoms with Crippen LogP contribution in [0.4, 0.5) is 0 Å². The maximum Gasteiger partial charge on any atom is 0.144 e. The summed E-state index contributed by atoms with van der Waals surface area (Å²) in [4.78, 5) is 11.7. The zero-order chi connectivity index (χ0) is 23.3. The van der Waals surface area contributed by atoms with E-state index in [1.807, 2.05) is 12.3 Å². The van der Waals surface area contributed by atoms with Crippen molar-refractivity contribution < 1.29 is 4.74 Å². The molecule has 3 rings (SSSR count). The van der Waals surface area contributed by atoms with Crippen molar-refractivity contribution in [1.29, 1.82) is 0 Å². The van der Waals surface area contributed by atoms with Crippen molar-refractivity contribution in [1.82, 2.24) is 9.97 Å². The Balaban J connectivity index is 0.00000408. The summed E-state index contributed by atoms with van der Waals surface area (Å²) < 4.78 is 6.03. The second kappa shape index (κ2) is 15.7. The molecule has 188 valence electrons. The lowest BCUT2D eigenvalue weighted by Gasteiger charge is -2.05. The minimum atomic E-state index is 0. The number of aromatic nitrogens is 2. The third-order valence-electron chi connectivity index (χ3n) is 6.29. The quantitative estimate of drug-likeness (QED) is 0.228. The van der Waals surface area contributed by atoms with E-state index < -0.39 is 0 Å². The summed E-state index contributed by atoms with van der Waals surface area (Å²) in [6.07, 6.45) is 21.8. The van der Waals surface area contributed by atoms with E-state index in [1.165, 1.54) is 69.1 Å². The Hall–Kier alpha value is -2.20. The number of aliphatic imine (C=N–C) groups is 1. The van der Waals surface area contributed by atoms with Gasteiger partial charge in [-0.3, -0.25) is 4.99 Å². The molecular weight excluding hydrogens is 442 g/mol. The maximum atomic E-state index is 6.03. The van der Waals surface area contributed by atoms with Crippen LogP contribution in [0.2, 0.25) is 0 Å². The standard InChI is InChI=1S/C29H43N3O.ClH/c1-4-7-8-9-10-11-12-13-14-16-23-20-24(31-25(23)6-3)21-28-29(33-19-5-2)22-27(32-28)26-17-15-18-30-26;/h15,17-18,20-22,30,32H,4-14,16,19H2,1-3H3;1H. The molecule has 3 heterocycles. The first kappa shape index (κ1) is 28.0. The molecule has 34 heavy (non-hydrogen) atoms. The van der Waals surface area contributed by atoms with Crippen molar-refractivity contribution in [3.8, 4) is 17.1 Å². The van der Waals surface area contributed by atoms with Crippen LogP contribution in [0.5, 0.6) is 5.75 Å². The number of halogens is 1. The van der Waals surface area contributed by atoms with E-state index in [-0.39, 0.29) is 12.4 Å². The van der Waals surface area contributed by atoms with Crippen molar-refractivity contribution in [3.63, 3.8) is 0 Å². The molecule has 0 spiro atoms. The Bertz CT molecular complexity index is 921. The predicted octanol–water partition coefficient (Wildman–Crippen LogP) is 9.27. The zero-order valence-electron chi connectivity index (χ0n) is 21.4. The number of unbranched alkanes of at least 4 members (excludes halogenated alkanes) is 8. The van der Waals surface area contributed by atoms with Gasteiger partial charge in [-0.1, -0.05) is 72.1 Å². The van der Waals surface area contributed by atoms with E-state index in [1.54, 1.807) is 0 Å². The molecule has 0 amide bonds. The maximum absolute atomic E-state index is 6.03. The van der Waals surface area contributed by atoms with E-state index >= 15 is 0 Å². The average Bonchev–Trinajstić information content (AvgIpc) is 3.57. The summed E-state index contributed by atoms with van der Waals surface area (Å²) in [7, 11) is 0. The van der Waals surface area contributed by atoms with Crippen LogP contribution < -0.4 is 4.74 Å². The molecular formula is C29H44ClN3O. The Kier molecular flexibility index (Phi) is 12.9. The minimum Gasteiger partial charge on any atom is -0.491 e. The largest absolute Gasteiger partial charge is 0.491 e. The van der Waals surface area contributed by atoms with Crippen LogP contribution in [-0.4, -0.2) is 22.3 Å². The molecule has 0 aromatic carbocycles. The first-order chi connectivity index (χ1) is 16.2. The van der Waals surface area contributed by atoms with E-state index in [0.717, 1.165) is 47.8 Å². The number of ether oxygens (including phenoxy) is 1. The highest BCUT2D eigenvalue weighted by molar-refractivity contribution is 6.04. The molecule has 0 radical (unpaired) electrons. The number of allylic oxidation sites excluding steroid dienone is 2. The number of hydrogen-bond donors (Lipinski definition) is 2. The molecule has 0 saturated carbocycles. The van der Waals surface area contributed by atoms with Gasteiger partial charge in [0.15, 0.2) is 0 Å². The molecule has 0 unspecified atom stereocenters. The summed E-state index contributed by atoms with van der Waals surface area (Å²) in [5.74, 6) is 0.892. The second-order valence-electron chi connectivity index (χ2n) is 9.12. The Labute approximate surface area is 212 Å². The highest BCUT2D eigenvalue weighted by Gasteiger charge is 2.16. The SMILES string of the molecule is CCCCCCCCCCCC1=CC(=Cc2[nH]c(-c3ccc[nH]3)cc2OCCC)N=C1CC.Cl. The fourth-order valence-electron chi connectivity index (χ4n) is 4.43. The number of hydrogen-bond acceptors (Lipinski definition) is 2. The number of H-pyrrole nitrogens is 2. The van der Waals surface area contributed by atoms with Crippen molar-refractivity contribution in [2.75, 3.05) is 6.61 Å². The predicted molar refractivity (Wildman–Crippen MR) is 149 cm³/mol. The molecule has 0 saturated heterocycles. The normalized spacial score (nSPS) is 14.3. The summed E-state index contributed by atoms with van der Waals surface area (Å²) in [6.45, 7) is 7.33. The van der Waals surface area contributed by atoms with Crippen LogP contribution in [-0.2, 0) is 0 Å². The summed E-state index contributed by atoms with van der Waals surface area (Å²) >= 11 is 0. The monoisotopic (exact) mass is 485 g/mol. The number of aromatic amines is 2. The lowest BCUT2D eigenvalue weighted by molar-refractivity contribution is 0.317. The van der Waals surface area contributed by atoms with Gasteiger partial charge in [0.25, 0.3) is 0 Å². The van der Waals surface area contributed by atoms with Crippen molar-refractivity contribution in [2.45, 2.75) is 97.8 Å². The first-order valence-electron chi connectivity index (χ1n) is 13.2. The van der Waals surface area contributed by atoms with Crippen molar-refractivity contribution in [2.24, 2.45) is 4.99 Å². The fourth-order valence-corrected chi connectivity index (χ4v) is 4.43. The lowest BCUT2D eigenvalue weighted by Crippen LogP contribution is -1.97. The summed E-state index contributed by atoms with van der Waals surface area (Å²) in [5.41, 5.74) is 6.77. The molecule has 5 heteroatoms. The van der Waals surface area contributed by atoms with E-state index in [9.17, 15) is 0 Å². The Morgan fingerprint density at radius 2 is 1.65 bits per heavy atom. The van der Waals surface area contributed by atoms with Gasteiger partial charge in [-0.05, 0) is 55.5 Å². The van der Waals surface area contributed by atoms with Gasteiger partial charge < -0.3 is 14.7 Å². The van der Waals surface area contributed by atoms with Crippen molar-refractivity contribution in [3.05, 3.63) is 47.4 Å². The molecule has 0 atom stereocenters. The van der Waals surface area contributed by atoms with Crippen LogP contribution in [0.15, 0.2) is 46.7 Å². The van der Waals surface area contributed by atoms with E-state index in [2.05, 4.69) is 55.0 Å². The second-order valence-corrected chi connectivity index (χ2v) is 9.12. The fraction of sp³-hybridized carbons (Fsp3) is 0.552. The van der Waals surface area contributed by atoms with Crippen molar-refractivity contribution >= 4 is 24.2 Å². The third-order valence-corrected chi connectivity index (χ3v) is 6.29. The summed E-state index contributed by atoms with van der Waals surface area (Å²) in [5, 5.41) is 0. The van der Waals surface area contributed by atoms with Crippen LogP contribution in [0, 0.1) is 0 Å². The highest BCUT2D eigenvalue weighted by atomic mass is 35.5. The number of rotatable bonds is 16. The average molecular weight is 486 g/mol. The Morgan fingerprint density at radius 1 is 0.912 bits per heavy atom. The van der Waals surface area contributed by atoms with Gasteiger partial charge in [0.1, 0.15) is 5.75 Å². The van der Waals surface area contributed by atoms with Gasteiger partial charge in [0.2, 0.25) is 0 Å². The minimum absolute atomic E-state index is 0. The van der Waals surface area contributed by atoms with Gasteiger partial charge in [-0.25, -0.2) is 0 Å². The molecule has 2 N–H and O–H groups in total. The van der Waals surface area contributed by atoms with Gasteiger partial charge in [-0.2, -0.15) is 0 Å². The Morgan fingerprint density at radius 3 is 2.29 bits per heavy atom. The number of nitrogens with one attached hydrogen (secondary N) is 2. The summed E-state index contributed by atoms with van der Waals surface area (Å²) in [6, 6.07) is 6.16. The molecule has 0 fully saturated rings. The molecule has 1 aliphatic heterocycles. The van der Waals surface area contributed by atoms with Crippen LogP contribution in [0.3, 0.4) is 0 Å². The molecule has 0 aliphatic carbocycles. The zero-order valence-corrected chi connectivity index (χ0v) is 22.2. The van der Waals surface area contributed by atoms with E-state index in [4.69, 9.17) is 9.73 Å². The van der Waals surface area contributed by atoms with Crippen LogP contribution in [0.1, 0.15) is 104 Å². The van der Waals surface area contributed by atoms with Crippen LogP contribution in [0.25, 0.3) is 17.5 Å². The van der Waals surface area contributed by atoms with Crippen LogP contribution >= 0.6 is 12.4 Å². The molecule has 0 bridgehead atoms. The first-order valence-corrected chi connectivity index (χ1v) is 13.2. The molecule has 1 aliphatic rings. The number of nitrogens with zero attached hydrogens (tertiary/aromatic N) is 1. The molecule has 2 aromatic rings. The van der Waals surface area contributed by atoms with Gasteiger partial charge in [-0.15, -0.1) is 12.4 Å². The van der Waals surface area contributed by atoms with Gasteiger partial charge >= 0.3 is 0 Å². The van der Waals surface area contributed by atoms with Gasteiger partial charge in [0.05, 0.1) is 29.4 Å².